The van der Waals surface area contributed by atoms with Crippen LogP contribution in [0, 0.1) is 0 Å². The lowest BCUT2D eigenvalue weighted by molar-refractivity contribution is -0.131. The summed E-state index contributed by atoms with van der Waals surface area (Å²) in [5, 5.41) is 11.0. The van der Waals surface area contributed by atoms with Crippen molar-refractivity contribution >= 4 is 11.7 Å². The number of nitrogens with zero attached hydrogens (tertiary/aromatic N) is 1. The lowest BCUT2D eigenvalue weighted by atomic mass is 9.53. The minimum Gasteiger partial charge on any atom is -0.504 e. The highest BCUT2D eigenvalue weighted by Crippen LogP contribution is 2.64. The fourth-order valence-electron chi connectivity index (χ4n) is 5.51. The summed E-state index contributed by atoms with van der Waals surface area (Å²) in [6, 6.07) is 3.62. The second-order valence-electron chi connectivity index (χ2n) is 7.39. The van der Waals surface area contributed by atoms with Gasteiger partial charge in [-0.1, -0.05) is 6.07 Å². The van der Waals surface area contributed by atoms with E-state index in [2.05, 4.69) is 0 Å². The molecule has 2 aliphatic carbocycles. The van der Waals surface area contributed by atoms with Gasteiger partial charge < -0.3 is 24.2 Å². The van der Waals surface area contributed by atoms with Crippen molar-refractivity contribution in [3.8, 4) is 11.5 Å². The Labute approximate surface area is 157 Å². The zero-order chi connectivity index (χ0) is 19.6. The van der Waals surface area contributed by atoms with E-state index in [1.165, 1.54) is 21.3 Å². The number of amides is 1. The summed E-state index contributed by atoms with van der Waals surface area (Å²) in [6.45, 7) is 0. The molecule has 7 heteroatoms. The van der Waals surface area contributed by atoms with E-state index in [0.29, 0.717) is 29.9 Å². The minimum atomic E-state index is -0.921. The Morgan fingerprint density at radius 3 is 2.44 bits per heavy atom. The van der Waals surface area contributed by atoms with Crippen molar-refractivity contribution in [2.45, 2.75) is 36.6 Å². The fourth-order valence-corrected chi connectivity index (χ4v) is 5.51. The molecule has 1 aromatic rings. The first-order valence-electron chi connectivity index (χ1n) is 8.90. The highest BCUT2D eigenvalue weighted by atomic mass is 16.5. The van der Waals surface area contributed by atoms with Crippen LogP contribution >= 0.6 is 0 Å². The number of aryl methyl sites for hydroxylation is 1. The first kappa shape index (κ1) is 17.7. The van der Waals surface area contributed by atoms with E-state index >= 15 is 0 Å². The molecule has 1 heterocycles. The number of phenolic OH excluding ortho intramolecular Hbond substituents is 1. The van der Waals surface area contributed by atoms with Gasteiger partial charge in [-0.05, 0) is 24.5 Å². The van der Waals surface area contributed by atoms with Crippen molar-refractivity contribution in [1.29, 1.82) is 0 Å². The Bertz CT molecular complexity index is 891. The van der Waals surface area contributed by atoms with E-state index in [0.717, 1.165) is 5.56 Å². The van der Waals surface area contributed by atoms with Crippen LogP contribution in [0.4, 0.5) is 0 Å². The second-order valence-corrected chi connectivity index (χ2v) is 7.39. The molecule has 1 aliphatic heterocycles. The Kier molecular flexibility index (Phi) is 3.70. The highest BCUT2D eigenvalue weighted by molar-refractivity contribution is 6.00. The quantitative estimate of drug-likeness (QED) is 0.867. The van der Waals surface area contributed by atoms with Gasteiger partial charge in [-0.3, -0.25) is 9.59 Å². The molecule has 2 unspecified atom stereocenters. The van der Waals surface area contributed by atoms with Crippen LogP contribution in [-0.4, -0.2) is 55.6 Å². The molecule has 144 valence electrons. The molecule has 0 saturated carbocycles. The van der Waals surface area contributed by atoms with Gasteiger partial charge in [-0.2, -0.15) is 0 Å². The number of likely N-dealkylation sites (tertiary alicyclic amines) is 1. The van der Waals surface area contributed by atoms with Crippen molar-refractivity contribution in [2.24, 2.45) is 0 Å². The number of carbonyl (C=O) groups excluding carboxylic acids is 2. The van der Waals surface area contributed by atoms with Crippen LogP contribution in [-0.2, 0) is 30.9 Å². The van der Waals surface area contributed by atoms with Crippen LogP contribution in [0.5, 0.6) is 11.5 Å². The maximum absolute atomic E-state index is 13.0. The van der Waals surface area contributed by atoms with E-state index in [1.807, 2.05) is 6.07 Å². The summed E-state index contributed by atoms with van der Waals surface area (Å²) >= 11 is 0. The zero-order valence-electron chi connectivity index (χ0n) is 15.9. The predicted molar refractivity (Wildman–Crippen MR) is 95.4 cm³/mol. The Balaban J connectivity index is 2.11. The third-order valence-corrected chi connectivity index (χ3v) is 6.58. The van der Waals surface area contributed by atoms with Gasteiger partial charge in [0.1, 0.15) is 5.54 Å². The number of benzene rings is 1. The zero-order valence-corrected chi connectivity index (χ0v) is 15.9. The average molecular weight is 373 g/mol. The number of fused-ring (bicyclic) bond motifs is 1. The van der Waals surface area contributed by atoms with Crippen molar-refractivity contribution in [2.75, 3.05) is 28.4 Å². The van der Waals surface area contributed by atoms with Crippen molar-refractivity contribution < 1.29 is 28.9 Å². The summed E-state index contributed by atoms with van der Waals surface area (Å²) in [4.78, 5) is 27.6. The number of Topliss-reactive ketones (excluding diaryl/α,β-unsaturated/α-hetero) is 1. The Morgan fingerprint density at radius 2 is 1.81 bits per heavy atom. The van der Waals surface area contributed by atoms with Crippen LogP contribution < -0.4 is 4.74 Å². The molecule has 7 nitrogen and oxygen atoms in total. The van der Waals surface area contributed by atoms with E-state index < -0.39 is 11.0 Å². The largest absolute Gasteiger partial charge is 0.504 e. The number of methoxy groups -OCH3 is 3. The van der Waals surface area contributed by atoms with Crippen molar-refractivity contribution in [1.82, 2.24) is 4.90 Å². The molecule has 1 N–H and O–H groups in total. The molecule has 2 atom stereocenters. The van der Waals surface area contributed by atoms with E-state index in [4.69, 9.17) is 14.2 Å². The SMILES string of the molecule is COC1=C(OC)C23CCc4ccc(OC)c(O)c4C2(CC1=O)CC(=O)N3C. The van der Waals surface area contributed by atoms with E-state index in [9.17, 15) is 14.7 Å². The fraction of sp³-hybridized carbons (Fsp3) is 0.500. The molecule has 27 heavy (non-hydrogen) atoms. The molecule has 1 amide bonds. The summed E-state index contributed by atoms with van der Waals surface area (Å²) in [5.74, 6) is 0.510. The van der Waals surface area contributed by atoms with Gasteiger partial charge in [0.15, 0.2) is 17.3 Å². The number of likely N-dealkylation sites (N-methyl/N-ethyl adjacent to an activating group) is 1. The van der Waals surface area contributed by atoms with E-state index in [1.54, 1.807) is 18.0 Å². The molecule has 0 spiro atoms. The molecule has 4 rings (SSSR count). The third-order valence-electron chi connectivity index (χ3n) is 6.58. The average Bonchev–Trinajstić information content (AvgIpc) is 2.88. The maximum Gasteiger partial charge on any atom is 0.224 e. The van der Waals surface area contributed by atoms with Gasteiger partial charge in [-0.25, -0.2) is 0 Å². The molecule has 1 saturated heterocycles. The normalized spacial score (nSPS) is 29.3. The topological polar surface area (TPSA) is 85.3 Å². The monoisotopic (exact) mass is 373 g/mol. The molecular weight excluding hydrogens is 350 g/mol. The van der Waals surface area contributed by atoms with Crippen molar-refractivity contribution in [3.63, 3.8) is 0 Å². The molecule has 0 bridgehead atoms. The number of rotatable bonds is 3. The number of hydrogen-bond donors (Lipinski definition) is 1. The third kappa shape index (κ3) is 1.86. The van der Waals surface area contributed by atoms with Gasteiger partial charge >= 0.3 is 0 Å². The lowest BCUT2D eigenvalue weighted by Crippen LogP contribution is -2.62. The molecule has 0 radical (unpaired) electrons. The van der Waals surface area contributed by atoms with Crippen LogP contribution in [0.1, 0.15) is 30.4 Å². The summed E-state index contributed by atoms with van der Waals surface area (Å²) in [7, 11) is 6.14. The standard InChI is InChI=1S/C20H23NO6/c1-21-14(23)10-19-9-12(22)17(26-3)18(27-4)20(19,21)8-7-11-5-6-13(25-2)16(24)15(11)19/h5-6,24H,7-10H2,1-4H3. The predicted octanol–water partition coefficient (Wildman–Crippen LogP) is 1.66. The molecule has 0 aromatic heterocycles. The first-order chi connectivity index (χ1) is 12.9. The van der Waals surface area contributed by atoms with Crippen LogP contribution in [0.3, 0.4) is 0 Å². The van der Waals surface area contributed by atoms with Gasteiger partial charge in [0.25, 0.3) is 0 Å². The Hall–Kier alpha value is -2.70. The van der Waals surface area contributed by atoms with Gasteiger partial charge in [-0.15, -0.1) is 0 Å². The van der Waals surface area contributed by atoms with E-state index in [-0.39, 0.29) is 36.0 Å². The minimum absolute atomic E-state index is 0.00806. The van der Waals surface area contributed by atoms with Crippen molar-refractivity contribution in [3.05, 3.63) is 34.8 Å². The first-order valence-corrected chi connectivity index (χ1v) is 8.90. The van der Waals surface area contributed by atoms with Gasteiger partial charge in [0, 0.05) is 30.9 Å². The molecule has 1 fully saturated rings. The van der Waals surface area contributed by atoms with Crippen LogP contribution in [0.2, 0.25) is 0 Å². The Morgan fingerprint density at radius 1 is 1.07 bits per heavy atom. The smallest absolute Gasteiger partial charge is 0.224 e. The number of ether oxygens (including phenoxy) is 3. The summed E-state index contributed by atoms with van der Waals surface area (Å²) in [6.07, 6.45) is 1.39. The van der Waals surface area contributed by atoms with Gasteiger partial charge in [0.05, 0.1) is 21.3 Å². The molecule has 3 aliphatic rings. The number of ketones is 1. The second kappa shape index (κ2) is 5.65. The van der Waals surface area contributed by atoms with Crippen LogP contribution in [0.15, 0.2) is 23.7 Å². The summed E-state index contributed by atoms with van der Waals surface area (Å²) in [5.41, 5.74) is -0.259. The number of phenols is 1. The molecule has 1 aromatic carbocycles. The molecular formula is C20H23NO6. The highest BCUT2D eigenvalue weighted by Gasteiger charge is 2.71. The number of aromatic hydroxyl groups is 1. The lowest BCUT2D eigenvalue weighted by Gasteiger charge is -2.54. The number of carbonyl (C=O) groups is 2. The van der Waals surface area contributed by atoms with Gasteiger partial charge in [0.2, 0.25) is 17.4 Å². The summed E-state index contributed by atoms with van der Waals surface area (Å²) < 4.78 is 16.4. The number of allylic oxidation sites excluding steroid dienone is 1. The maximum atomic E-state index is 13.0. The van der Waals surface area contributed by atoms with Crippen LogP contribution in [0.25, 0.3) is 0 Å². The number of hydrogen-bond acceptors (Lipinski definition) is 6.